The van der Waals surface area contributed by atoms with Crippen molar-refractivity contribution in [1.82, 2.24) is 15.0 Å². The number of carbonyl (C=O) groups excluding carboxylic acids is 1. The van der Waals surface area contributed by atoms with Crippen LogP contribution in [0.5, 0.6) is 0 Å². The number of rotatable bonds is 4. The highest BCUT2D eigenvalue weighted by Gasteiger charge is 2.09. The van der Waals surface area contributed by atoms with Crippen molar-refractivity contribution in [2.75, 3.05) is 5.75 Å². The number of hydrogen-bond donors (Lipinski definition) is 2. The van der Waals surface area contributed by atoms with E-state index in [9.17, 15) is 4.79 Å². The normalized spacial score (nSPS) is 10.9. The second-order valence-electron chi connectivity index (χ2n) is 3.85. The number of carbonyl (C=O) groups is 1. The topological polar surface area (TPSA) is 61.5 Å². The highest BCUT2D eigenvalue weighted by atomic mass is 32.2. The van der Waals surface area contributed by atoms with Crippen molar-refractivity contribution in [2.24, 2.45) is 0 Å². The number of Topliss-reactive ketones (excluding diaryl/α,β-unsaturated/α-hetero) is 1. The average molecular weight is 257 g/mol. The van der Waals surface area contributed by atoms with Gasteiger partial charge in [0.1, 0.15) is 0 Å². The number of aromatic nitrogens is 3. The summed E-state index contributed by atoms with van der Waals surface area (Å²) in [6.07, 6.45) is 1.75. The predicted octanol–water partition coefficient (Wildman–Crippen LogP) is 2.87. The molecular weight excluding hydrogens is 246 g/mol. The van der Waals surface area contributed by atoms with Gasteiger partial charge < -0.3 is 9.97 Å². The second kappa shape index (κ2) is 4.70. The van der Waals surface area contributed by atoms with Crippen LogP contribution in [0.15, 0.2) is 47.8 Å². The zero-order chi connectivity index (χ0) is 12.4. The molecule has 3 aromatic rings. The van der Waals surface area contributed by atoms with Gasteiger partial charge >= 0.3 is 0 Å². The average Bonchev–Trinajstić information content (AvgIpc) is 3.04. The van der Waals surface area contributed by atoms with Crippen molar-refractivity contribution in [3.63, 3.8) is 0 Å². The van der Waals surface area contributed by atoms with Crippen LogP contribution in [-0.4, -0.2) is 26.5 Å². The van der Waals surface area contributed by atoms with E-state index in [0.29, 0.717) is 11.4 Å². The third kappa shape index (κ3) is 2.17. The number of nitrogens with one attached hydrogen (secondary N) is 2. The number of thioether (sulfide) groups is 1. The van der Waals surface area contributed by atoms with Gasteiger partial charge in [0.05, 0.1) is 22.5 Å². The van der Waals surface area contributed by atoms with Crippen molar-refractivity contribution in [1.29, 1.82) is 0 Å². The van der Waals surface area contributed by atoms with Crippen LogP contribution in [0.25, 0.3) is 11.0 Å². The molecule has 0 aliphatic carbocycles. The molecule has 0 bridgehead atoms. The van der Waals surface area contributed by atoms with E-state index >= 15 is 0 Å². The Morgan fingerprint density at radius 2 is 2.11 bits per heavy atom. The predicted molar refractivity (Wildman–Crippen MR) is 71.9 cm³/mol. The summed E-state index contributed by atoms with van der Waals surface area (Å²) in [5, 5.41) is 0.774. The van der Waals surface area contributed by atoms with E-state index < -0.39 is 0 Å². The standard InChI is InChI=1S/C13H11N3OS/c17-12(11-6-3-7-14-11)8-18-13-15-9-4-1-2-5-10(9)16-13/h1-7,14H,8H2,(H,15,16). The fraction of sp³-hybridized carbons (Fsp3) is 0.0769. The lowest BCUT2D eigenvalue weighted by Crippen LogP contribution is -2.02. The SMILES string of the molecule is O=C(CSc1nc2ccccc2[nH]1)c1ccc[nH]1. The summed E-state index contributed by atoms with van der Waals surface area (Å²) in [5.74, 6) is 0.450. The monoisotopic (exact) mass is 257 g/mol. The van der Waals surface area contributed by atoms with Crippen LogP contribution in [0.3, 0.4) is 0 Å². The first kappa shape index (κ1) is 11.1. The van der Waals surface area contributed by atoms with Crippen molar-refractivity contribution in [3.8, 4) is 0 Å². The molecule has 0 atom stereocenters. The van der Waals surface area contributed by atoms with E-state index in [2.05, 4.69) is 15.0 Å². The molecule has 2 aromatic heterocycles. The molecule has 4 nitrogen and oxygen atoms in total. The van der Waals surface area contributed by atoms with Crippen LogP contribution < -0.4 is 0 Å². The van der Waals surface area contributed by atoms with E-state index in [1.54, 1.807) is 12.3 Å². The van der Waals surface area contributed by atoms with Gasteiger partial charge in [-0.15, -0.1) is 0 Å². The van der Waals surface area contributed by atoms with E-state index in [-0.39, 0.29) is 5.78 Å². The van der Waals surface area contributed by atoms with Crippen LogP contribution in [0, 0.1) is 0 Å². The lowest BCUT2D eigenvalue weighted by molar-refractivity contribution is 0.101. The summed E-state index contributed by atoms with van der Waals surface area (Å²) >= 11 is 1.42. The number of fused-ring (bicyclic) bond motifs is 1. The van der Waals surface area contributed by atoms with Gasteiger partial charge in [0.25, 0.3) is 0 Å². The molecule has 0 amide bonds. The Hall–Kier alpha value is -2.01. The number of benzene rings is 1. The molecule has 3 rings (SSSR count). The summed E-state index contributed by atoms with van der Waals surface area (Å²) in [5.41, 5.74) is 2.55. The second-order valence-corrected chi connectivity index (χ2v) is 4.82. The molecule has 0 radical (unpaired) electrons. The molecule has 0 aliphatic heterocycles. The molecule has 0 saturated heterocycles. The maximum atomic E-state index is 11.8. The third-order valence-electron chi connectivity index (χ3n) is 2.61. The lowest BCUT2D eigenvalue weighted by atomic mass is 10.3. The van der Waals surface area contributed by atoms with Crippen LogP contribution in [0.4, 0.5) is 0 Å². The zero-order valence-corrected chi connectivity index (χ0v) is 10.3. The van der Waals surface area contributed by atoms with Crippen LogP contribution >= 0.6 is 11.8 Å². The van der Waals surface area contributed by atoms with Crippen molar-refractivity contribution in [2.45, 2.75) is 5.16 Å². The minimum absolute atomic E-state index is 0.0745. The maximum Gasteiger partial charge on any atom is 0.189 e. The number of para-hydroxylation sites is 2. The van der Waals surface area contributed by atoms with Gasteiger partial charge in [-0.05, 0) is 24.3 Å². The lowest BCUT2D eigenvalue weighted by Gasteiger charge is -1.95. The van der Waals surface area contributed by atoms with Gasteiger partial charge in [-0.2, -0.15) is 0 Å². The minimum Gasteiger partial charge on any atom is -0.359 e. The number of H-pyrrole nitrogens is 2. The zero-order valence-electron chi connectivity index (χ0n) is 9.51. The van der Waals surface area contributed by atoms with Crippen LogP contribution in [-0.2, 0) is 0 Å². The Balaban J connectivity index is 1.71. The quantitative estimate of drug-likeness (QED) is 0.558. The summed E-state index contributed by atoms with van der Waals surface area (Å²) in [4.78, 5) is 22.3. The summed E-state index contributed by atoms with van der Waals surface area (Å²) in [6.45, 7) is 0. The van der Waals surface area contributed by atoms with E-state index in [4.69, 9.17) is 0 Å². The smallest absolute Gasteiger partial charge is 0.189 e. The Kier molecular flexibility index (Phi) is 2.90. The molecule has 90 valence electrons. The molecule has 0 saturated carbocycles. The first-order valence-electron chi connectivity index (χ1n) is 5.57. The van der Waals surface area contributed by atoms with Crippen LogP contribution in [0.1, 0.15) is 10.5 Å². The minimum atomic E-state index is 0.0745. The number of hydrogen-bond acceptors (Lipinski definition) is 3. The Morgan fingerprint density at radius 3 is 2.89 bits per heavy atom. The van der Waals surface area contributed by atoms with Crippen LogP contribution in [0.2, 0.25) is 0 Å². The highest BCUT2D eigenvalue weighted by Crippen LogP contribution is 2.19. The number of ketones is 1. The van der Waals surface area contributed by atoms with E-state index in [0.717, 1.165) is 16.2 Å². The first-order valence-corrected chi connectivity index (χ1v) is 6.55. The van der Waals surface area contributed by atoms with Gasteiger partial charge in [-0.25, -0.2) is 4.98 Å². The fourth-order valence-electron chi connectivity index (χ4n) is 1.71. The van der Waals surface area contributed by atoms with Gasteiger partial charge in [-0.3, -0.25) is 4.79 Å². The van der Waals surface area contributed by atoms with Crippen molar-refractivity contribution in [3.05, 3.63) is 48.3 Å². The Morgan fingerprint density at radius 1 is 1.22 bits per heavy atom. The van der Waals surface area contributed by atoms with E-state index in [1.165, 1.54) is 11.8 Å². The molecule has 1 aromatic carbocycles. The van der Waals surface area contributed by atoms with Crippen molar-refractivity contribution < 1.29 is 4.79 Å². The van der Waals surface area contributed by atoms with Gasteiger partial charge in [-0.1, -0.05) is 23.9 Å². The molecule has 0 spiro atoms. The van der Waals surface area contributed by atoms with Crippen molar-refractivity contribution >= 4 is 28.6 Å². The molecule has 2 heterocycles. The Labute approximate surface area is 108 Å². The molecule has 18 heavy (non-hydrogen) atoms. The Bertz CT molecular complexity index is 639. The third-order valence-corrected chi connectivity index (χ3v) is 3.48. The summed E-state index contributed by atoms with van der Waals surface area (Å²) < 4.78 is 0. The largest absolute Gasteiger partial charge is 0.359 e. The first-order chi connectivity index (χ1) is 8.83. The van der Waals surface area contributed by atoms with Gasteiger partial charge in [0, 0.05) is 6.20 Å². The summed E-state index contributed by atoms with van der Waals surface area (Å²) in [6, 6.07) is 11.4. The molecule has 0 aliphatic rings. The molecule has 0 fully saturated rings. The molecule has 0 unspecified atom stereocenters. The number of nitrogens with zero attached hydrogens (tertiary/aromatic N) is 1. The van der Waals surface area contributed by atoms with Gasteiger partial charge in [0.15, 0.2) is 10.9 Å². The summed E-state index contributed by atoms with van der Waals surface area (Å²) in [7, 11) is 0. The fourth-order valence-corrected chi connectivity index (χ4v) is 2.48. The maximum absolute atomic E-state index is 11.8. The molecule has 5 heteroatoms. The highest BCUT2D eigenvalue weighted by molar-refractivity contribution is 7.99. The number of aromatic amines is 2. The molecule has 2 N–H and O–H groups in total. The number of imidazole rings is 1. The van der Waals surface area contributed by atoms with Gasteiger partial charge in [0.2, 0.25) is 0 Å². The van der Waals surface area contributed by atoms with E-state index in [1.807, 2.05) is 30.3 Å². The molecular formula is C13H11N3OS.